The molecule has 0 aromatic heterocycles. The minimum Gasteiger partial charge on any atom is -0.389 e. The van der Waals surface area contributed by atoms with Gasteiger partial charge < -0.3 is 30.1 Å². The third-order valence-corrected chi connectivity index (χ3v) is 6.64. The Balaban J connectivity index is 1.38. The SMILES string of the molecule is C[C@H](NC(=O)C[C@H]1CC[C@H]2[C@@H](COC[C@@H](O)CN2C(=O)Nc2cccc(Cl)c2)O1)c1ccccc1. The van der Waals surface area contributed by atoms with E-state index in [1.807, 2.05) is 37.3 Å². The zero-order valence-electron chi connectivity index (χ0n) is 19.7. The predicted octanol–water partition coefficient (Wildman–Crippen LogP) is 3.75. The van der Waals surface area contributed by atoms with Gasteiger partial charge in [0.05, 0.1) is 50.5 Å². The molecular formula is C26H32ClN3O5. The Morgan fingerprint density at radius 1 is 1.14 bits per heavy atom. The summed E-state index contributed by atoms with van der Waals surface area (Å²) < 4.78 is 11.9. The monoisotopic (exact) mass is 501 g/mol. The van der Waals surface area contributed by atoms with Gasteiger partial charge >= 0.3 is 6.03 Å². The first kappa shape index (κ1) is 25.4. The van der Waals surface area contributed by atoms with E-state index < -0.39 is 12.2 Å². The molecule has 188 valence electrons. The lowest BCUT2D eigenvalue weighted by Crippen LogP contribution is -2.58. The van der Waals surface area contributed by atoms with E-state index in [9.17, 15) is 14.7 Å². The van der Waals surface area contributed by atoms with Crippen LogP contribution in [-0.2, 0) is 14.3 Å². The Bertz CT molecular complexity index is 1010. The van der Waals surface area contributed by atoms with Crippen LogP contribution in [0.15, 0.2) is 54.6 Å². The highest BCUT2D eigenvalue weighted by Crippen LogP contribution is 2.29. The summed E-state index contributed by atoms with van der Waals surface area (Å²) in [4.78, 5) is 27.5. The average Bonchev–Trinajstić information content (AvgIpc) is 2.82. The molecule has 0 unspecified atom stereocenters. The predicted molar refractivity (Wildman–Crippen MR) is 133 cm³/mol. The summed E-state index contributed by atoms with van der Waals surface area (Å²) in [6.07, 6.45) is 0.0126. The lowest BCUT2D eigenvalue weighted by atomic mass is 9.94. The first-order chi connectivity index (χ1) is 16.9. The van der Waals surface area contributed by atoms with Gasteiger partial charge in [-0.2, -0.15) is 0 Å². The number of nitrogens with zero attached hydrogens (tertiary/aromatic N) is 1. The second-order valence-electron chi connectivity index (χ2n) is 9.13. The lowest BCUT2D eigenvalue weighted by molar-refractivity contribution is -0.150. The topological polar surface area (TPSA) is 100 Å². The highest BCUT2D eigenvalue weighted by molar-refractivity contribution is 6.30. The summed E-state index contributed by atoms with van der Waals surface area (Å²) in [6, 6.07) is 16.0. The van der Waals surface area contributed by atoms with Gasteiger partial charge in [-0.25, -0.2) is 4.79 Å². The molecule has 0 bridgehead atoms. The number of nitrogens with one attached hydrogen (secondary N) is 2. The molecular weight excluding hydrogens is 470 g/mol. The first-order valence-corrected chi connectivity index (χ1v) is 12.4. The molecule has 2 aromatic carbocycles. The maximum Gasteiger partial charge on any atom is 0.322 e. The van der Waals surface area contributed by atoms with Crippen molar-refractivity contribution in [3.8, 4) is 0 Å². The van der Waals surface area contributed by atoms with Gasteiger partial charge in [-0.05, 0) is 43.5 Å². The van der Waals surface area contributed by atoms with Crippen molar-refractivity contribution in [3.63, 3.8) is 0 Å². The molecule has 0 aliphatic carbocycles. The number of ether oxygens (including phenoxy) is 2. The molecule has 9 heteroatoms. The summed E-state index contributed by atoms with van der Waals surface area (Å²) in [5, 5.41) is 16.7. The van der Waals surface area contributed by atoms with Gasteiger partial charge in [0.1, 0.15) is 6.10 Å². The van der Waals surface area contributed by atoms with Gasteiger partial charge in [0, 0.05) is 10.7 Å². The Labute approximate surface area is 210 Å². The van der Waals surface area contributed by atoms with E-state index >= 15 is 0 Å². The zero-order valence-corrected chi connectivity index (χ0v) is 20.5. The number of benzene rings is 2. The number of amides is 3. The summed E-state index contributed by atoms with van der Waals surface area (Å²) >= 11 is 6.05. The van der Waals surface area contributed by atoms with Gasteiger partial charge in [-0.1, -0.05) is 48.0 Å². The van der Waals surface area contributed by atoms with E-state index in [4.69, 9.17) is 21.1 Å². The average molecular weight is 502 g/mol. The largest absolute Gasteiger partial charge is 0.389 e. The number of aliphatic hydroxyl groups excluding tert-OH is 1. The standard InChI is InChI=1S/C26H32ClN3O5/c1-17(18-6-3-2-4-7-18)28-25(32)13-22-10-11-23-24(35-22)16-34-15-21(31)14-30(23)26(33)29-20-9-5-8-19(27)12-20/h2-9,12,17,21-24,31H,10-11,13-16H2,1H3,(H,28,32)(H,29,33)/t17-,21-,22+,23-,24+/m0/s1. The smallest absolute Gasteiger partial charge is 0.322 e. The summed E-state index contributed by atoms with van der Waals surface area (Å²) in [6.45, 7) is 2.42. The van der Waals surface area contributed by atoms with Crippen molar-refractivity contribution < 1.29 is 24.2 Å². The highest BCUT2D eigenvalue weighted by atomic mass is 35.5. The Morgan fingerprint density at radius 2 is 1.94 bits per heavy atom. The van der Waals surface area contributed by atoms with Crippen molar-refractivity contribution in [2.75, 3.05) is 25.1 Å². The van der Waals surface area contributed by atoms with Gasteiger partial charge in [-0.15, -0.1) is 0 Å². The van der Waals surface area contributed by atoms with Crippen molar-refractivity contribution in [2.45, 2.75) is 56.6 Å². The van der Waals surface area contributed by atoms with Crippen LogP contribution in [0.25, 0.3) is 0 Å². The minimum atomic E-state index is -0.802. The number of rotatable bonds is 5. The van der Waals surface area contributed by atoms with Crippen LogP contribution in [0.4, 0.5) is 10.5 Å². The Hall–Kier alpha value is -2.65. The molecule has 4 rings (SSSR count). The van der Waals surface area contributed by atoms with E-state index in [2.05, 4.69) is 10.6 Å². The molecule has 0 radical (unpaired) electrons. The van der Waals surface area contributed by atoms with E-state index in [1.54, 1.807) is 29.2 Å². The molecule has 2 aliphatic rings. The molecule has 2 aliphatic heterocycles. The van der Waals surface area contributed by atoms with Crippen LogP contribution in [0.2, 0.25) is 5.02 Å². The molecule has 5 atom stereocenters. The van der Waals surface area contributed by atoms with Crippen LogP contribution in [0.3, 0.4) is 0 Å². The highest BCUT2D eigenvalue weighted by Gasteiger charge is 2.40. The Kier molecular flexibility index (Phi) is 8.62. The minimum absolute atomic E-state index is 0.0810. The number of anilines is 1. The van der Waals surface area contributed by atoms with Crippen molar-refractivity contribution in [1.29, 1.82) is 0 Å². The third-order valence-electron chi connectivity index (χ3n) is 6.41. The summed E-state index contributed by atoms with van der Waals surface area (Å²) in [7, 11) is 0. The number of carbonyl (C=O) groups excluding carboxylic acids is 2. The van der Waals surface area contributed by atoms with Crippen molar-refractivity contribution >= 4 is 29.2 Å². The van der Waals surface area contributed by atoms with Crippen LogP contribution in [-0.4, -0.2) is 66.1 Å². The molecule has 8 nitrogen and oxygen atoms in total. The van der Waals surface area contributed by atoms with Crippen LogP contribution < -0.4 is 10.6 Å². The Morgan fingerprint density at radius 3 is 2.71 bits per heavy atom. The van der Waals surface area contributed by atoms with E-state index in [-0.39, 0.29) is 56.3 Å². The van der Waals surface area contributed by atoms with Crippen LogP contribution in [0.5, 0.6) is 0 Å². The fourth-order valence-corrected chi connectivity index (χ4v) is 4.86. The normalized spacial score (nSPS) is 25.5. The third kappa shape index (κ3) is 6.95. The van der Waals surface area contributed by atoms with E-state index in [1.165, 1.54) is 0 Å². The molecule has 3 N–H and O–H groups in total. The quantitative estimate of drug-likeness (QED) is 0.579. The number of urea groups is 1. The van der Waals surface area contributed by atoms with Crippen LogP contribution in [0.1, 0.15) is 37.8 Å². The number of fused-ring (bicyclic) bond motifs is 1. The van der Waals surface area contributed by atoms with Crippen LogP contribution in [0, 0.1) is 0 Å². The fraction of sp³-hybridized carbons (Fsp3) is 0.462. The maximum absolute atomic E-state index is 13.2. The lowest BCUT2D eigenvalue weighted by Gasteiger charge is -2.44. The van der Waals surface area contributed by atoms with Crippen LogP contribution >= 0.6 is 11.6 Å². The number of hydrogen-bond acceptors (Lipinski definition) is 5. The zero-order chi connectivity index (χ0) is 24.8. The molecule has 35 heavy (non-hydrogen) atoms. The number of aliphatic hydroxyl groups is 1. The number of β-amino-alcohol motifs (C(OH)–C–C–N with tert-alkyl or cyclic N) is 1. The summed E-state index contributed by atoms with van der Waals surface area (Å²) in [5.74, 6) is -0.0810. The number of hydrogen-bond donors (Lipinski definition) is 3. The van der Waals surface area contributed by atoms with Crippen molar-refractivity contribution in [2.24, 2.45) is 0 Å². The van der Waals surface area contributed by atoms with Crippen molar-refractivity contribution in [3.05, 3.63) is 65.2 Å². The van der Waals surface area contributed by atoms with Gasteiger partial charge in [0.25, 0.3) is 0 Å². The second kappa shape index (κ2) is 11.9. The van der Waals surface area contributed by atoms with E-state index in [0.29, 0.717) is 23.6 Å². The molecule has 2 heterocycles. The maximum atomic E-state index is 13.2. The van der Waals surface area contributed by atoms with Gasteiger partial charge in [0.15, 0.2) is 0 Å². The first-order valence-electron chi connectivity index (χ1n) is 12.0. The molecule has 0 spiro atoms. The molecule has 2 saturated heterocycles. The molecule has 2 fully saturated rings. The van der Waals surface area contributed by atoms with Gasteiger partial charge in [-0.3, -0.25) is 4.79 Å². The van der Waals surface area contributed by atoms with Crippen molar-refractivity contribution in [1.82, 2.24) is 10.2 Å². The molecule has 3 amide bonds. The molecule has 2 aromatic rings. The van der Waals surface area contributed by atoms with E-state index in [0.717, 1.165) is 5.56 Å². The number of carbonyl (C=O) groups is 2. The number of halogens is 1. The van der Waals surface area contributed by atoms with Gasteiger partial charge in [0.2, 0.25) is 5.91 Å². The molecule has 0 saturated carbocycles. The second-order valence-corrected chi connectivity index (χ2v) is 9.57. The summed E-state index contributed by atoms with van der Waals surface area (Å²) in [5.41, 5.74) is 1.62. The fourth-order valence-electron chi connectivity index (χ4n) is 4.67.